The summed E-state index contributed by atoms with van der Waals surface area (Å²) in [7, 11) is 3.06. The minimum Gasteiger partial charge on any atom is -0.497 e. The zero-order valence-electron chi connectivity index (χ0n) is 14.5. The lowest BCUT2D eigenvalue weighted by Crippen LogP contribution is -2.28. The fourth-order valence-electron chi connectivity index (χ4n) is 2.90. The van der Waals surface area contributed by atoms with Gasteiger partial charge in [0.15, 0.2) is 0 Å². The Morgan fingerprint density at radius 2 is 1.88 bits per heavy atom. The maximum Gasteiger partial charge on any atom is 0.229 e. The van der Waals surface area contributed by atoms with Crippen molar-refractivity contribution in [3.8, 4) is 11.5 Å². The van der Waals surface area contributed by atoms with Gasteiger partial charge < -0.3 is 19.7 Å². The molecule has 0 spiro atoms. The first-order valence-electron chi connectivity index (χ1n) is 8.10. The summed E-state index contributed by atoms with van der Waals surface area (Å²) < 4.78 is 23.5. The standard InChI is InChI=1S/C19H19FN2O4/c1-25-15-7-8-16(17(10-15)26-2)22-11-12(9-18(22)23)19(24)21-14-5-3-13(20)4-6-14/h3-8,10,12H,9,11H2,1-2H3,(H,21,24)/t12-/m0/s1. The molecule has 2 aromatic carbocycles. The van der Waals surface area contributed by atoms with E-state index in [-0.39, 0.29) is 30.6 Å². The molecule has 1 atom stereocenters. The number of nitrogens with one attached hydrogen (secondary N) is 1. The highest BCUT2D eigenvalue weighted by Gasteiger charge is 2.36. The molecule has 136 valence electrons. The number of ether oxygens (including phenoxy) is 2. The van der Waals surface area contributed by atoms with Crippen molar-refractivity contribution in [1.82, 2.24) is 0 Å². The number of benzene rings is 2. The second-order valence-electron chi connectivity index (χ2n) is 5.94. The summed E-state index contributed by atoms with van der Waals surface area (Å²) in [5, 5.41) is 2.71. The highest BCUT2D eigenvalue weighted by atomic mass is 19.1. The van der Waals surface area contributed by atoms with E-state index in [2.05, 4.69) is 5.32 Å². The molecule has 6 nitrogen and oxygen atoms in total. The van der Waals surface area contributed by atoms with Crippen molar-refractivity contribution in [2.75, 3.05) is 31.0 Å². The fourth-order valence-corrected chi connectivity index (χ4v) is 2.90. The summed E-state index contributed by atoms with van der Waals surface area (Å²) in [6, 6.07) is 10.7. The Bertz CT molecular complexity index is 823. The van der Waals surface area contributed by atoms with E-state index >= 15 is 0 Å². The summed E-state index contributed by atoms with van der Waals surface area (Å²) in [6.07, 6.45) is 0.0994. The molecule has 1 aliphatic heterocycles. The van der Waals surface area contributed by atoms with Crippen LogP contribution in [0.3, 0.4) is 0 Å². The summed E-state index contributed by atoms with van der Waals surface area (Å²) in [4.78, 5) is 26.4. The third-order valence-corrected chi connectivity index (χ3v) is 4.29. The lowest BCUT2D eigenvalue weighted by molar-refractivity contribution is -0.122. The number of rotatable bonds is 5. The first-order valence-corrected chi connectivity index (χ1v) is 8.10. The zero-order chi connectivity index (χ0) is 18.7. The smallest absolute Gasteiger partial charge is 0.229 e. The van der Waals surface area contributed by atoms with Crippen LogP contribution in [0.25, 0.3) is 0 Å². The van der Waals surface area contributed by atoms with Crippen molar-refractivity contribution in [3.63, 3.8) is 0 Å². The molecule has 0 aromatic heterocycles. The molecule has 2 aromatic rings. The monoisotopic (exact) mass is 358 g/mol. The van der Waals surface area contributed by atoms with Gasteiger partial charge in [-0.3, -0.25) is 9.59 Å². The Morgan fingerprint density at radius 1 is 1.15 bits per heavy atom. The van der Waals surface area contributed by atoms with Crippen LogP contribution >= 0.6 is 0 Å². The Kier molecular flexibility index (Phi) is 5.06. The van der Waals surface area contributed by atoms with Crippen LogP contribution in [0.1, 0.15) is 6.42 Å². The quantitative estimate of drug-likeness (QED) is 0.892. The van der Waals surface area contributed by atoms with E-state index in [1.165, 1.54) is 36.3 Å². The van der Waals surface area contributed by atoms with E-state index in [0.717, 1.165) is 0 Å². The molecular formula is C19H19FN2O4. The molecule has 0 unspecified atom stereocenters. The lowest BCUT2D eigenvalue weighted by atomic mass is 10.1. The van der Waals surface area contributed by atoms with Gasteiger partial charge in [-0.25, -0.2) is 4.39 Å². The van der Waals surface area contributed by atoms with E-state index in [1.807, 2.05) is 0 Å². The van der Waals surface area contributed by atoms with Gasteiger partial charge in [0, 0.05) is 24.7 Å². The molecule has 2 amide bonds. The Hall–Kier alpha value is -3.09. The average molecular weight is 358 g/mol. The van der Waals surface area contributed by atoms with Crippen molar-refractivity contribution in [1.29, 1.82) is 0 Å². The highest BCUT2D eigenvalue weighted by Crippen LogP contribution is 2.36. The highest BCUT2D eigenvalue weighted by molar-refractivity contribution is 6.04. The Morgan fingerprint density at radius 3 is 2.54 bits per heavy atom. The number of amides is 2. The van der Waals surface area contributed by atoms with Gasteiger partial charge in [-0.15, -0.1) is 0 Å². The number of halogens is 1. The normalized spacial score (nSPS) is 16.5. The second-order valence-corrected chi connectivity index (χ2v) is 5.94. The summed E-state index contributed by atoms with van der Waals surface area (Å²) in [5.74, 6) is -0.205. The van der Waals surface area contributed by atoms with Gasteiger partial charge >= 0.3 is 0 Å². The summed E-state index contributed by atoms with van der Waals surface area (Å²) in [5.41, 5.74) is 1.08. The molecule has 3 rings (SSSR count). The SMILES string of the molecule is COc1ccc(N2C[C@@H](C(=O)Nc3ccc(F)cc3)CC2=O)c(OC)c1. The molecule has 1 saturated heterocycles. The van der Waals surface area contributed by atoms with Crippen LogP contribution in [0, 0.1) is 11.7 Å². The van der Waals surface area contributed by atoms with E-state index in [9.17, 15) is 14.0 Å². The van der Waals surface area contributed by atoms with Crippen LogP contribution in [0.5, 0.6) is 11.5 Å². The van der Waals surface area contributed by atoms with Crippen LogP contribution in [0.15, 0.2) is 42.5 Å². The van der Waals surface area contributed by atoms with Gasteiger partial charge in [0.1, 0.15) is 17.3 Å². The second kappa shape index (κ2) is 7.43. The van der Waals surface area contributed by atoms with Crippen molar-refractivity contribution in [2.45, 2.75) is 6.42 Å². The number of anilines is 2. The maximum absolute atomic E-state index is 13.0. The number of hydrogen-bond acceptors (Lipinski definition) is 4. The molecule has 0 radical (unpaired) electrons. The molecule has 1 aliphatic rings. The van der Waals surface area contributed by atoms with Crippen molar-refractivity contribution >= 4 is 23.2 Å². The Balaban J connectivity index is 1.74. The van der Waals surface area contributed by atoms with E-state index in [4.69, 9.17) is 9.47 Å². The first kappa shape index (κ1) is 17.7. The largest absolute Gasteiger partial charge is 0.497 e. The summed E-state index contributed by atoms with van der Waals surface area (Å²) in [6.45, 7) is 0.245. The van der Waals surface area contributed by atoms with Gasteiger partial charge in [0.2, 0.25) is 11.8 Å². The van der Waals surface area contributed by atoms with Gasteiger partial charge in [0.25, 0.3) is 0 Å². The molecule has 7 heteroatoms. The number of carbonyl (C=O) groups excluding carboxylic acids is 2. The third kappa shape index (κ3) is 3.61. The molecule has 0 bridgehead atoms. The molecule has 0 saturated carbocycles. The van der Waals surface area contributed by atoms with Crippen LogP contribution < -0.4 is 19.7 Å². The van der Waals surface area contributed by atoms with Crippen molar-refractivity contribution < 1.29 is 23.5 Å². The molecule has 1 fully saturated rings. The third-order valence-electron chi connectivity index (χ3n) is 4.29. The van der Waals surface area contributed by atoms with Crippen LogP contribution in [0.2, 0.25) is 0 Å². The molecule has 26 heavy (non-hydrogen) atoms. The number of carbonyl (C=O) groups is 2. The minimum atomic E-state index is -0.501. The topological polar surface area (TPSA) is 67.9 Å². The van der Waals surface area contributed by atoms with E-state index in [1.54, 1.807) is 25.3 Å². The average Bonchev–Trinajstić information content (AvgIpc) is 3.04. The summed E-state index contributed by atoms with van der Waals surface area (Å²) >= 11 is 0. The van der Waals surface area contributed by atoms with Gasteiger partial charge in [-0.1, -0.05) is 0 Å². The zero-order valence-corrected chi connectivity index (χ0v) is 14.5. The Labute approximate surface area is 150 Å². The van der Waals surface area contributed by atoms with Gasteiger partial charge in [-0.05, 0) is 36.4 Å². The molecule has 1 heterocycles. The maximum atomic E-state index is 13.0. The van der Waals surface area contributed by atoms with Gasteiger partial charge in [-0.2, -0.15) is 0 Å². The molecule has 0 aliphatic carbocycles. The number of nitrogens with zero attached hydrogens (tertiary/aromatic N) is 1. The van der Waals surface area contributed by atoms with Crippen molar-refractivity contribution in [2.24, 2.45) is 5.92 Å². The predicted octanol–water partition coefficient (Wildman–Crippen LogP) is 2.83. The van der Waals surface area contributed by atoms with Crippen LogP contribution in [0.4, 0.5) is 15.8 Å². The van der Waals surface area contributed by atoms with Crippen molar-refractivity contribution in [3.05, 3.63) is 48.3 Å². The first-order chi connectivity index (χ1) is 12.5. The van der Waals surface area contributed by atoms with E-state index < -0.39 is 5.92 Å². The molecular weight excluding hydrogens is 339 g/mol. The van der Waals surface area contributed by atoms with Crippen LogP contribution in [-0.2, 0) is 9.59 Å². The van der Waals surface area contributed by atoms with Gasteiger partial charge in [0.05, 0.1) is 25.8 Å². The van der Waals surface area contributed by atoms with E-state index in [0.29, 0.717) is 22.9 Å². The predicted molar refractivity (Wildman–Crippen MR) is 95.0 cm³/mol. The lowest BCUT2D eigenvalue weighted by Gasteiger charge is -2.20. The minimum absolute atomic E-state index is 0.0994. The number of hydrogen-bond donors (Lipinski definition) is 1. The number of methoxy groups -OCH3 is 2. The fraction of sp³-hybridized carbons (Fsp3) is 0.263. The van der Waals surface area contributed by atoms with Crippen LogP contribution in [-0.4, -0.2) is 32.6 Å². The molecule has 1 N–H and O–H groups in total.